The number of halogens is 2. The Morgan fingerprint density at radius 1 is 0.875 bits per heavy atom. The second kappa shape index (κ2) is 10.3. The van der Waals surface area contributed by atoms with Crippen molar-refractivity contribution < 1.29 is 13.9 Å². The first kappa shape index (κ1) is 22.6. The van der Waals surface area contributed by atoms with Crippen LogP contribution in [0.3, 0.4) is 0 Å². The highest BCUT2D eigenvalue weighted by atomic mass is 35.5. The van der Waals surface area contributed by atoms with Crippen LogP contribution >= 0.6 is 11.6 Å². The smallest absolute Gasteiger partial charge is 0.125 e. The van der Waals surface area contributed by atoms with E-state index in [-0.39, 0.29) is 12.0 Å². The van der Waals surface area contributed by atoms with E-state index in [1.54, 1.807) is 14.2 Å². The van der Waals surface area contributed by atoms with Crippen LogP contribution in [0.25, 0.3) is 0 Å². The predicted octanol–water partition coefficient (Wildman–Crippen LogP) is 5.90. The van der Waals surface area contributed by atoms with Crippen LogP contribution in [0.4, 0.5) is 4.39 Å². The average molecular weight is 455 g/mol. The van der Waals surface area contributed by atoms with E-state index in [1.807, 2.05) is 42.5 Å². The Morgan fingerprint density at radius 3 is 2.25 bits per heavy atom. The fraction of sp³-hybridized carbons (Fsp3) is 0.308. The molecule has 1 atom stereocenters. The molecule has 0 amide bonds. The van der Waals surface area contributed by atoms with Crippen LogP contribution < -0.4 is 9.47 Å². The van der Waals surface area contributed by atoms with E-state index in [2.05, 4.69) is 21.9 Å². The highest BCUT2D eigenvalue weighted by molar-refractivity contribution is 6.30. The maximum atomic E-state index is 13.5. The topological polar surface area (TPSA) is 24.9 Å². The van der Waals surface area contributed by atoms with Gasteiger partial charge >= 0.3 is 0 Å². The van der Waals surface area contributed by atoms with E-state index in [0.717, 1.165) is 59.3 Å². The SMILES string of the molecule is COc1ccc(OC)c(C2N(Cc3ccc(F)cc3)CCCN2Cc2cccc(Cl)c2)c1. The standard InChI is InChI=1S/C26H28ClFN2O2/c1-31-23-11-12-25(32-2)24(16-23)26-29(17-19-7-9-22(28)10-8-19)13-4-14-30(26)18-20-5-3-6-21(27)15-20/h3,5-12,15-16,26H,4,13-14,17-18H2,1-2H3. The van der Waals surface area contributed by atoms with Gasteiger partial charge in [-0.3, -0.25) is 9.80 Å². The zero-order valence-electron chi connectivity index (χ0n) is 18.4. The molecule has 0 aromatic heterocycles. The summed E-state index contributed by atoms with van der Waals surface area (Å²) in [5.41, 5.74) is 3.28. The number of hydrogen-bond donors (Lipinski definition) is 0. The summed E-state index contributed by atoms with van der Waals surface area (Å²) in [5.74, 6) is 1.38. The third-order valence-corrected chi connectivity index (χ3v) is 6.11. The van der Waals surface area contributed by atoms with E-state index in [0.29, 0.717) is 6.54 Å². The fourth-order valence-electron chi connectivity index (χ4n) is 4.41. The van der Waals surface area contributed by atoms with Crippen molar-refractivity contribution in [3.8, 4) is 11.5 Å². The molecule has 1 heterocycles. The number of rotatable bonds is 7. The Balaban J connectivity index is 1.72. The summed E-state index contributed by atoms with van der Waals surface area (Å²) < 4.78 is 24.7. The Hall–Kier alpha value is -2.60. The quantitative estimate of drug-likeness (QED) is 0.443. The van der Waals surface area contributed by atoms with Crippen molar-refractivity contribution in [2.24, 2.45) is 0 Å². The molecule has 1 unspecified atom stereocenters. The lowest BCUT2D eigenvalue weighted by Crippen LogP contribution is -2.47. The van der Waals surface area contributed by atoms with Crippen LogP contribution in [0.15, 0.2) is 66.7 Å². The first-order chi connectivity index (χ1) is 15.6. The van der Waals surface area contributed by atoms with E-state index < -0.39 is 0 Å². The van der Waals surface area contributed by atoms with Crippen molar-refractivity contribution in [1.82, 2.24) is 9.80 Å². The van der Waals surface area contributed by atoms with Crippen molar-refractivity contribution in [3.63, 3.8) is 0 Å². The molecule has 1 aliphatic heterocycles. The highest BCUT2D eigenvalue weighted by Gasteiger charge is 2.33. The molecule has 3 aromatic rings. The molecule has 4 nitrogen and oxygen atoms in total. The van der Waals surface area contributed by atoms with Crippen LogP contribution in [-0.4, -0.2) is 37.1 Å². The molecule has 1 aliphatic rings. The average Bonchev–Trinajstić information content (AvgIpc) is 2.80. The van der Waals surface area contributed by atoms with Crippen molar-refractivity contribution >= 4 is 11.6 Å². The Morgan fingerprint density at radius 2 is 1.59 bits per heavy atom. The number of ether oxygens (including phenoxy) is 2. The normalized spacial score (nSPS) is 17.3. The Kier molecular flexibility index (Phi) is 7.30. The van der Waals surface area contributed by atoms with E-state index in [9.17, 15) is 4.39 Å². The summed E-state index contributed by atoms with van der Waals surface area (Å²) in [6.07, 6.45) is 1.00. The van der Waals surface area contributed by atoms with Gasteiger partial charge in [-0.1, -0.05) is 35.9 Å². The molecule has 0 saturated carbocycles. The minimum Gasteiger partial charge on any atom is -0.497 e. The predicted molar refractivity (Wildman–Crippen MR) is 126 cm³/mol. The molecule has 0 aliphatic carbocycles. The molecule has 1 saturated heterocycles. The lowest BCUT2D eigenvalue weighted by Gasteiger charge is -2.44. The zero-order valence-corrected chi connectivity index (χ0v) is 19.2. The van der Waals surface area contributed by atoms with Crippen molar-refractivity contribution in [1.29, 1.82) is 0 Å². The number of methoxy groups -OCH3 is 2. The van der Waals surface area contributed by atoms with Crippen LogP contribution in [0.5, 0.6) is 11.5 Å². The van der Waals surface area contributed by atoms with Crippen molar-refractivity contribution in [2.45, 2.75) is 25.7 Å². The third kappa shape index (κ3) is 5.23. The van der Waals surface area contributed by atoms with E-state index >= 15 is 0 Å². The van der Waals surface area contributed by atoms with Gasteiger partial charge in [0.25, 0.3) is 0 Å². The van der Waals surface area contributed by atoms with Crippen molar-refractivity contribution in [3.05, 3.63) is 94.3 Å². The fourth-order valence-corrected chi connectivity index (χ4v) is 4.63. The maximum Gasteiger partial charge on any atom is 0.125 e. The lowest BCUT2D eigenvalue weighted by molar-refractivity contribution is -0.0104. The largest absolute Gasteiger partial charge is 0.497 e. The molecular formula is C26H28ClFN2O2. The van der Waals surface area contributed by atoms with Crippen LogP contribution in [0.1, 0.15) is 29.3 Å². The van der Waals surface area contributed by atoms with Crippen LogP contribution in [0.2, 0.25) is 5.02 Å². The summed E-state index contributed by atoms with van der Waals surface area (Å²) in [6, 6.07) is 20.7. The van der Waals surface area contributed by atoms with Crippen LogP contribution in [0, 0.1) is 5.82 Å². The van der Waals surface area contributed by atoms with E-state index in [4.69, 9.17) is 21.1 Å². The van der Waals surface area contributed by atoms with Gasteiger partial charge in [-0.05, 0) is 60.0 Å². The van der Waals surface area contributed by atoms with Gasteiger partial charge in [0, 0.05) is 36.8 Å². The molecule has 0 N–H and O–H groups in total. The number of hydrogen-bond acceptors (Lipinski definition) is 4. The molecule has 0 radical (unpaired) electrons. The molecule has 6 heteroatoms. The molecular weight excluding hydrogens is 427 g/mol. The number of benzene rings is 3. The van der Waals surface area contributed by atoms with Crippen LogP contribution in [-0.2, 0) is 13.1 Å². The second-order valence-electron chi connectivity index (χ2n) is 8.03. The molecule has 0 bridgehead atoms. The van der Waals surface area contributed by atoms with E-state index in [1.165, 1.54) is 12.1 Å². The monoisotopic (exact) mass is 454 g/mol. The zero-order chi connectivity index (χ0) is 22.5. The highest BCUT2D eigenvalue weighted by Crippen LogP contribution is 2.38. The minimum atomic E-state index is -0.221. The van der Waals surface area contributed by atoms with Crippen molar-refractivity contribution in [2.75, 3.05) is 27.3 Å². The summed E-state index contributed by atoms with van der Waals surface area (Å²) in [5, 5.41) is 0.734. The summed E-state index contributed by atoms with van der Waals surface area (Å²) in [4.78, 5) is 4.86. The van der Waals surface area contributed by atoms with Gasteiger partial charge in [-0.15, -0.1) is 0 Å². The van der Waals surface area contributed by atoms with Gasteiger partial charge in [0.15, 0.2) is 0 Å². The molecule has 168 valence electrons. The maximum absolute atomic E-state index is 13.5. The van der Waals surface area contributed by atoms with Gasteiger partial charge in [-0.2, -0.15) is 0 Å². The first-order valence-corrected chi connectivity index (χ1v) is 11.1. The summed E-state index contributed by atoms with van der Waals surface area (Å²) in [7, 11) is 3.37. The third-order valence-electron chi connectivity index (χ3n) is 5.87. The number of nitrogens with zero attached hydrogens (tertiary/aromatic N) is 2. The summed E-state index contributed by atoms with van der Waals surface area (Å²) >= 11 is 6.26. The molecule has 3 aromatic carbocycles. The van der Waals surface area contributed by atoms with Gasteiger partial charge in [0.1, 0.15) is 17.3 Å². The molecule has 1 fully saturated rings. The first-order valence-electron chi connectivity index (χ1n) is 10.8. The minimum absolute atomic E-state index is 0.0298. The summed E-state index contributed by atoms with van der Waals surface area (Å²) in [6.45, 7) is 3.33. The molecule has 32 heavy (non-hydrogen) atoms. The lowest BCUT2D eigenvalue weighted by atomic mass is 10.0. The Bertz CT molecular complexity index is 1040. The second-order valence-corrected chi connectivity index (χ2v) is 8.47. The Labute approximate surface area is 194 Å². The van der Waals surface area contributed by atoms with Gasteiger partial charge < -0.3 is 9.47 Å². The molecule has 4 rings (SSSR count). The van der Waals surface area contributed by atoms with Gasteiger partial charge in [-0.25, -0.2) is 4.39 Å². The van der Waals surface area contributed by atoms with Gasteiger partial charge in [0.05, 0.1) is 20.4 Å². The van der Waals surface area contributed by atoms with Gasteiger partial charge in [0.2, 0.25) is 0 Å². The molecule has 0 spiro atoms.